The summed E-state index contributed by atoms with van der Waals surface area (Å²) in [6.07, 6.45) is 10.2. The maximum atomic E-state index is 9.17. The van der Waals surface area contributed by atoms with Crippen molar-refractivity contribution in [3.05, 3.63) is 0 Å². The van der Waals surface area contributed by atoms with Gasteiger partial charge in [0.2, 0.25) is 0 Å². The molecule has 0 spiro atoms. The highest BCUT2D eigenvalue weighted by Crippen LogP contribution is 2.22. The summed E-state index contributed by atoms with van der Waals surface area (Å²) in [6, 6.07) is 3.92. The van der Waals surface area contributed by atoms with Crippen molar-refractivity contribution in [1.29, 1.82) is 5.26 Å². The van der Waals surface area contributed by atoms with E-state index in [9.17, 15) is 5.26 Å². The smallest absolute Gasteiger partial charge is 0.0967 e. The van der Waals surface area contributed by atoms with E-state index in [1.807, 2.05) is 0 Å². The molecule has 1 aliphatic heterocycles. The molecule has 2 unspecified atom stereocenters. The number of nitrogens with zero attached hydrogens (tertiary/aromatic N) is 2. The van der Waals surface area contributed by atoms with E-state index in [1.165, 1.54) is 51.5 Å². The van der Waals surface area contributed by atoms with Gasteiger partial charge in [-0.25, -0.2) is 0 Å². The number of rotatable bonds is 7. The summed E-state index contributed by atoms with van der Waals surface area (Å²) in [7, 11) is 0. The van der Waals surface area contributed by atoms with E-state index in [0.29, 0.717) is 6.04 Å². The average Bonchev–Trinajstić information content (AvgIpc) is 3.20. The lowest BCUT2D eigenvalue weighted by atomic mass is 9.97. The summed E-state index contributed by atoms with van der Waals surface area (Å²) in [5, 5.41) is 12.6. The molecule has 0 aromatic rings. The second kappa shape index (κ2) is 7.11. The maximum Gasteiger partial charge on any atom is 0.0967 e. The summed E-state index contributed by atoms with van der Waals surface area (Å²) >= 11 is 0. The van der Waals surface area contributed by atoms with Crippen LogP contribution in [0.1, 0.15) is 58.3 Å². The van der Waals surface area contributed by atoms with Crippen molar-refractivity contribution in [1.82, 2.24) is 10.2 Å². The molecule has 1 heterocycles. The van der Waals surface area contributed by atoms with E-state index < -0.39 is 0 Å². The molecule has 1 saturated carbocycles. The Morgan fingerprint density at radius 3 is 2.83 bits per heavy atom. The van der Waals surface area contributed by atoms with Crippen LogP contribution in [0.4, 0.5) is 0 Å². The number of nitrogens with one attached hydrogen (secondary N) is 1. The van der Waals surface area contributed by atoms with Gasteiger partial charge in [0.15, 0.2) is 0 Å². The largest absolute Gasteiger partial charge is 0.300 e. The van der Waals surface area contributed by atoms with Crippen LogP contribution in [0, 0.1) is 11.3 Å². The summed E-state index contributed by atoms with van der Waals surface area (Å²) < 4.78 is 0. The van der Waals surface area contributed by atoms with Gasteiger partial charge < -0.3 is 4.90 Å². The van der Waals surface area contributed by atoms with E-state index >= 15 is 0 Å². The van der Waals surface area contributed by atoms with E-state index in [4.69, 9.17) is 0 Å². The normalized spacial score (nSPS) is 26.8. The molecule has 2 atom stereocenters. The minimum atomic E-state index is 0.0710. The number of likely N-dealkylation sites (tertiary alicyclic amines) is 1. The van der Waals surface area contributed by atoms with Crippen LogP contribution in [0.3, 0.4) is 0 Å². The fourth-order valence-corrected chi connectivity index (χ4v) is 3.03. The van der Waals surface area contributed by atoms with Crippen LogP contribution >= 0.6 is 0 Å². The van der Waals surface area contributed by atoms with Crippen molar-refractivity contribution >= 4 is 0 Å². The van der Waals surface area contributed by atoms with Crippen LogP contribution in [-0.4, -0.2) is 36.1 Å². The van der Waals surface area contributed by atoms with Crippen molar-refractivity contribution in [2.75, 3.05) is 13.1 Å². The highest BCUT2D eigenvalue weighted by Gasteiger charge is 2.26. The lowest BCUT2D eigenvalue weighted by Gasteiger charge is -2.36. The highest BCUT2D eigenvalue weighted by atomic mass is 15.2. The van der Waals surface area contributed by atoms with Crippen LogP contribution < -0.4 is 5.32 Å². The zero-order valence-corrected chi connectivity index (χ0v) is 11.7. The third-order valence-corrected chi connectivity index (χ3v) is 4.25. The SMILES string of the molecule is CCCC1CCCCN1CCC(C#N)NC1CC1. The summed E-state index contributed by atoms with van der Waals surface area (Å²) in [5.74, 6) is 0. The third-order valence-electron chi connectivity index (χ3n) is 4.25. The maximum absolute atomic E-state index is 9.17. The fourth-order valence-electron chi connectivity index (χ4n) is 3.03. The lowest BCUT2D eigenvalue weighted by Crippen LogP contribution is -2.42. The van der Waals surface area contributed by atoms with E-state index in [0.717, 1.165) is 19.0 Å². The van der Waals surface area contributed by atoms with Crippen LogP contribution in [0.5, 0.6) is 0 Å². The summed E-state index contributed by atoms with van der Waals surface area (Å²) in [4.78, 5) is 2.63. The van der Waals surface area contributed by atoms with Gasteiger partial charge in [0.1, 0.15) is 0 Å². The van der Waals surface area contributed by atoms with Crippen LogP contribution in [0.15, 0.2) is 0 Å². The predicted molar refractivity (Wildman–Crippen MR) is 74.3 cm³/mol. The molecule has 3 heteroatoms. The second-order valence-corrected chi connectivity index (χ2v) is 5.89. The topological polar surface area (TPSA) is 39.1 Å². The van der Waals surface area contributed by atoms with Crippen LogP contribution in [0.25, 0.3) is 0 Å². The van der Waals surface area contributed by atoms with Gasteiger partial charge in [0.05, 0.1) is 12.1 Å². The molecule has 0 aromatic heterocycles. The van der Waals surface area contributed by atoms with Crippen LogP contribution in [0.2, 0.25) is 0 Å². The van der Waals surface area contributed by atoms with Gasteiger partial charge in [-0.3, -0.25) is 5.32 Å². The Bertz CT molecular complexity index is 278. The lowest BCUT2D eigenvalue weighted by molar-refractivity contribution is 0.135. The van der Waals surface area contributed by atoms with Crippen molar-refractivity contribution in [2.24, 2.45) is 0 Å². The Hall–Kier alpha value is -0.590. The molecule has 0 bridgehead atoms. The third kappa shape index (κ3) is 4.26. The number of nitriles is 1. The van der Waals surface area contributed by atoms with E-state index in [-0.39, 0.29) is 6.04 Å². The molecule has 2 rings (SSSR count). The van der Waals surface area contributed by atoms with Gasteiger partial charge in [0.25, 0.3) is 0 Å². The quantitative estimate of drug-likeness (QED) is 0.754. The molecule has 1 N–H and O–H groups in total. The predicted octanol–water partition coefficient (Wildman–Crippen LogP) is 2.68. The van der Waals surface area contributed by atoms with E-state index in [2.05, 4.69) is 23.2 Å². The number of hydrogen-bond donors (Lipinski definition) is 1. The first-order chi connectivity index (χ1) is 8.83. The second-order valence-electron chi connectivity index (χ2n) is 5.89. The molecule has 2 aliphatic rings. The van der Waals surface area contributed by atoms with Gasteiger partial charge in [-0.05, 0) is 45.1 Å². The van der Waals surface area contributed by atoms with Crippen molar-refractivity contribution < 1.29 is 0 Å². The van der Waals surface area contributed by atoms with Gasteiger partial charge >= 0.3 is 0 Å². The minimum absolute atomic E-state index is 0.0710. The molecule has 102 valence electrons. The Labute approximate surface area is 112 Å². The zero-order valence-electron chi connectivity index (χ0n) is 11.7. The molecule has 3 nitrogen and oxygen atoms in total. The van der Waals surface area contributed by atoms with Gasteiger partial charge in [-0.15, -0.1) is 0 Å². The standard InChI is InChI=1S/C15H27N3/c1-2-5-15-6-3-4-10-18(15)11-9-14(12-16)17-13-7-8-13/h13-15,17H,2-11H2,1H3. The highest BCUT2D eigenvalue weighted by molar-refractivity contribution is 4.96. The minimum Gasteiger partial charge on any atom is -0.300 e. The first-order valence-electron chi connectivity index (χ1n) is 7.73. The van der Waals surface area contributed by atoms with Crippen molar-refractivity contribution in [3.63, 3.8) is 0 Å². The Morgan fingerprint density at radius 2 is 2.17 bits per heavy atom. The average molecular weight is 249 g/mol. The van der Waals surface area contributed by atoms with Gasteiger partial charge in [0, 0.05) is 18.6 Å². The molecular formula is C15H27N3. The molecule has 1 aliphatic carbocycles. The molecule has 0 radical (unpaired) electrons. The number of hydrogen-bond acceptors (Lipinski definition) is 3. The van der Waals surface area contributed by atoms with Crippen LogP contribution in [-0.2, 0) is 0 Å². The van der Waals surface area contributed by atoms with Gasteiger partial charge in [-0.2, -0.15) is 5.26 Å². The first-order valence-corrected chi connectivity index (χ1v) is 7.73. The molecular weight excluding hydrogens is 222 g/mol. The first kappa shape index (κ1) is 13.8. The molecule has 2 fully saturated rings. The van der Waals surface area contributed by atoms with Crippen molar-refractivity contribution in [2.45, 2.75) is 76.4 Å². The van der Waals surface area contributed by atoms with Crippen molar-refractivity contribution in [3.8, 4) is 6.07 Å². The van der Waals surface area contributed by atoms with E-state index in [1.54, 1.807) is 0 Å². The molecule has 0 amide bonds. The fraction of sp³-hybridized carbons (Fsp3) is 0.933. The number of piperidine rings is 1. The monoisotopic (exact) mass is 249 g/mol. The molecule has 0 aromatic carbocycles. The van der Waals surface area contributed by atoms with Gasteiger partial charge in [-0.1, -0.05) is 19.8 Å². The Balaban J connectivity index is 1.73. The Kier molecular flexibility index (Phi) is 5.46. The Morgan fingerprint density at radius 1 is 1.33 bits per heavy atom. The zero-order chi connectivity index (χ0) is 12.8. The summed E-state index contributed by atoms with van der Waals surface area (Å²) in [6.45, 7) is 4.62. The summed E-state index contributed by atoms with van der Waals surface area (Å²) in [5.41, 5.74) is 0. The molecule has 18 heavy (non-hydrogen) atoms. The molecule has 1 saturated heterocycles.